The minimum absolute atomic E-state index is 0.0174. The van der Waals surface area contributed by atoms with Gasteiger partial charge in [0.2, 0.25) is 5.91 Å². The van der Waals surface area contributed by atoms with Crippen LogP contribution in [0.15, 0.2) is 66.7 Å². The predicted molar refractivity (Wildman–Crippen MR) is 146 cm³/mol. The summed E-state index contributed by atoms with van der Waals surface area (Å²) in [5.41, 5.74) is 4.63. The van der Waals surface area contributed by atoms with Crippen LogP contribution in [0.2, 0.25) is 5.02 Å². The van der Waals surface area contributed by atoms with Gasteiger partial charge in [0, 0.05) is 41.5 Å². The number of nitrogens with zero attached hydrogens (tertiary/aromatic N) is 4. The summed E-state index contributed by atoms with van der Waals surface area (Å²) in [7, 11) is 0. The van der Waals surface area contributed by atoms with Crippen molar-refractivity contribution in [3.05, 3.63) is 88.7 Å². The second kappa shape index (κ2) is 10.00. The molecule has 0 fully saturated rings. The van der Waals surface area contributed by atoms with Crippen LogP contribution in [0.5, 0.6) is 0 Å². The van der Waals surface area contributed by atoms with Crippen LogP contribution in [0, 0.1) is 6.92 Å². The third-order valence-electron chi connectivity index (χ3n) is 7.04. The molecular weight excluding hydrogens is 488 g/mol. The quantitative estimate of drug-likeness (QED) is 0.378. The Labute approximate surface area is 220 Å². The summed E-state index contributed by atoms with van der Waals surface area (Å²) in [6.07, 6.45) is 0.581. The first-order chi connectivity index (χ1) is 17.8. The van der Waals surface area contributed by atoms with E-state index in [1.54, 1.807) is 24.0 Å². The highest BCUT2D eigenvalue weighted by Gasteiger charge is 2.38. The van der Waals surface area contributed by atoms with Gasteiger partial charge in [-0.05, 0) is 74.4 Å². The Kier molecular flexibility index (Phi) is 6.75. The number of amides is 2. The van der Waals surface area contributed by atoms with Crippen molar-refractivity contribution in [2.75, 3.05) is 16.4 Å². The number of fused-ring (bicyclic) bond motifs is 2. The summed E-state index contributed by atoms with van der Waals surface area (Å²) in [6, 6.07) is 20.2. The number of aliphatic hydroxyl groups is 1. The first-order valence-electron chi connectivity index (χ1n) is 12.4. The number of para-hydroxylation sites is 1. The Morgan fingerprint density at radius 2 is 1.84 bits per heavy atom. The molecule has 0 bridgehead atoms. The Balaban J connectivity index is 1.54. The Bertz CT molecular complexity index is 1480. The lowest BCUT2D eigenvalue weighted by Crippen LogP contribution is -2.47. The van der Waals surface area contributed by atoms with Crippen LogP contribution in [-0.2, 0) is 11.3 Å². The van der Waals surface area contributed by atoms with E-state index in [0.717, 1.165) is 33.8 Å². The van der Waals surface area contributed by atoms with Crippen LogP contribution in [0.25, 0.3) is 11.0 Å². The second-order valence-corrected chi connectivity index (χ2v) is 9.87. The molecule has 4 aromatic rings. The molecule has 2 atom stereocenters. The Hall–Kier alpha value is -3.68. The highest BCUT2D eigenvalue weighted by atomic mass is 35.5. The summed E-state index contributed by atoms with van der Waals surface area (Å²) in [5, 5.41) is 10.0. The summed E-state index contributed by atoms with van der Waals surface area (Å²) >= 11 is 6.10. The van der Waals surface area contributed by atoms with Crippen molar-refractivity contribution in [2.45, 2.75) is 45.8 Å². The normalized spacial score (nSPS) is 17.1. The van der Waals surface area contributed by atoms with Gasteiger partial charge < -0.3 is 19.5 Å². The number of rotatable bonds is 5. The molecule has 5 rings (SSSR count). The molecule has 0 spiro atoms. The van der Waals surface area contributed by atoms with Crippen LogP contribution in [0.3, 0.4) is 0 Å². The number of benzene rings is 3. The van der Waals surface area contributed by atoms with Crippen molar-refractivity contribution >= 4 is 45.8 Å². The highest BCUT2D eigenvalue weighted by Crippen LogP contribution is 2.43. The number of imidazole rings is 1. The molecule has 1 N–H and O–H groups in total. The summed E-state index contributed by atoms with van der Waals surface area (Å²) < 4.78 is 1.94. The number of anilines is 2. The van der Waals surface area contributed by atoms with Gasteiger partial charge >= 0.3 is 0 Å². The number of hydrogen-bond acceptors (Lipinski definition) is 4. The molecule has 1 aliphatic rings. The lowest BCUT2D eigenvalue weighted by atomic mass is 9.89. The molecule has 2 heterocycles. The van der Waals surface area contributed by atoms with E-state index in [1.165, 1.54) is 0 Å². The van der Waals surface area contributed by atoms with Gasteiger partial charge in [-0.3, -0.25) is 9.59 Å². The molecule has 8 heteroatoms. The third kappa shape index (κ3) is 4.49. The zero-order chi connectivity index (χ0) is 26.3. The van der Waals surface area contributed by atoms with E-state index in [0.29, 0.717) is 23.6 Å². The van der Waals surface area contributed by atoms with Crippen molar-refractivity contribution in [3.8, 4) is 0 Å². The lowest BCUT2D eigenvalue weighted by Gasteiger charge is -2.43. The molecule has 0 saturated heterocycles. The first-order valence-corrected chi connectivity index (χ1v) is 12.7. The molecule has 37 heavy (non-hydrogen) atoms. The number of aliphatic hydroxyl groups excluding tert-OH is 1. The SMILES string of the molecule is CC(=O)N(c1ccc(Cl)cc1)[C@@H]1C[C@H](C)N(C(=O)c2ccc3c(c2)nc(C)n3CCO)c2ccccc21. The van der Waals surface area contributed by atoms with Gasteiger partial charge in [-0.1, -0.05) is 29.8 Å². The maximum Gasteiger partial charge on any atom is 0.258 e. The molecule has 7 nitrogen and oxygen atoms in total. The average molecular weight is 517 g/mol. The van der Waals surface area contributed by atoms with Crippen molar-refractivity contribution in [1.29, 1.82) is 0 Å². The monoisotopic (exact) mass is 516 g/mol. The van der Waals surface area contributed by atoms with Crippen LogP contribution in [-0.4, -0.2) is 39.1 Å². The van der Waals surface area contributed by atoms with Crippen molar-refractivity contribution in [2.24, 2.45) is 0 Å². The predicted octanol–water partition coefficient (Wildman–Crippen LogP) is 5.52. The number of hydrogen-bond donors (Lipinski definition) is 1. The highest BCUT2D eigenvalue weighted by molar-refractivity contribution is 6.30. The van der Waals surface area contributed by atoms with Gasteiger partial charge in [-0.15, -0.1) is 0 Å². The maximum absolute atomic E-state index is 13.9. The smallest absolute Gasteiger partial charge is 0.258 e. The summed E-state index contributed by atoms with van der Waals surface area (Å²) in [4.78, 5) is 35.0. The topological polar surface area (TPSA) is 78.7 Å². The standard InChI is InChI=1S/C29H29ClN4O3/c1-18-16-28(34(20(3)36)23-11-9-22(30)10-12-23)24-6-4-5-7-26(24)33(18)29(37)21-8-13-27-25(17-21)31-19(2)32(27)14-15-35/h4-13,17-18,28,35H,14-16H2,1-3H3/t18-,28+/m0/s1. The molecule has 1 aromatic heterocycles. The van der Waals surface area contributed by atoms with Gasteiger partial charge in [0.05, 0.1) is 23.7 Å². The van der Waals surface area contributed by atoms with Crippen LogP contribution < -0.4 is 9.80 Å². The van der Waals surface area contributed by atoms with Gasteiger partial charge in [0.1, 0.15) is 5.82 Å². The molecule has 0 saturated carbocycles. The zero-order valence-electron chi connectivity index (χ0n) is 21.1. The molecule has 1 aliphatic heterocycles. The largest absolute Gasteiger partial charge is 0.395 e. The molecule has 0 unspecified atom stereocenters. The number of halogens is 1. The molecule has 0 aliphatic carbocycles. The third-order valence-corrected chi connectivity index (χ3v) is 7.30. The molecular formula is C29H29ClN4O3. The summed E-state index contributed by atoms with van der Waals surface area (Å²) in [5.74, 6) is 0.601. The van der Waals surface area contributed by atoms with Gasteiger partial charge in [-0.25, -0.2) is 4.98 Å². The van der Waals surface area contributed by atoms with E-state index in [1.807, 2.05) is 77.9 Å². The van der Waals surface area contributed by atoms with E-state index < -0.39 is 0 Å². The van der Waals surface area contributed by atoms with E-state index in [2.05, 4.69) is 4.98 Å². The van der Waals surface area contributed by atoms with Gasteiger partial charge in [0.15, 0.2) is 0 Å². The van der Waals surface area contributed by atoms with Crippen LogP contribution in [0.1, 0.15) is 48.1 Å². The Morgan fingerprint density at radius 1 is 1.11 bits per heavy atom. The number of aromatic nitrogens is 2. The van der Waals surface area contributed by atoms with Crippen molar-refractivity contribution in [3.63, 3.8) is 0 Å². The molecule has 3 aromatic carbocycles. The fraction of sp³-hybridized carbons (Fsp3) is 0.276. The van der Waals surface area contributed by atoms with Crippen LogP contribution >= 0.6 is 11.6 Å². The zero-order valence-corrected chi connectivity index (χ0v) is 21.8. The van der Waals surface area contributed by atoms with E-state index in [4.69, 9.17) is 11.6 Å². The minimum Gasteiger partial charge on any atom is -0.395 e. The maximum atomic E-state index is 13.9. The van der Waals surface area contributed by atoms with E-state index in [9.17, 15) is 14.7 Å². The molecule has 190 valence electrons. The van der Waals surface area contributed by atoms with Crippen molar-refractivity contribution in [1.82, 2.24) is 9.55 Å². The number of aryl methyl sites for hydroxylation is 1. The van der Waals surface area contributed by atoms with Crippen LogP contribution in [0.4, 0.5) is 11.4 Å². The van der Waals surface area contributed by atoms with Gasteiger partial charge in [0.25, 0.3) is 5.91 Å². The van der Waals surface area contributed by atoms with E-state index in [-0.39, 0.29) is 30.5 Å². The lowest BCUT2D eigenvalue weighted by molar-refractivity contribution is -0.117. The first kappa shape index (κ1) is 25.0. The number of carbonyl (C=O) groups excluding carboxylic acids is 2. The minimum atomic E-state index is -0.228. The summed E-state index contributed by atoms with van der Waals surface area (Å²) in [6.45, 7) is 5.94. The van der Waals surface area contributed by atoms with E-state index >= 15 is 0 Å². The van der Waals surface area contributed by atoms with Gasteiger partial charge in [-0.2, -0.15) is 0 Å². The Morgan fingerprint density at radius 3 is 2.54 bits per heavy atom. The molecule has 2 amide bonds. The van der Waals surface area contributed by atoms with Crippen molar-refractivity contribution < 1.29 is 14.7 Å². The fourth-order valence-electron chi connectivity index (χ4n) is 5.42. The average Bonchev–Trinajstić information content (AvgIpc) is 3.19. The second-order valence-electron chi connectivity index (χ2n) is 9.44. The number of carbonyl (C=O) groups is 2. The fourth-order valence-corrected chi connectivity index (χ4v) is 5.55. The molecule has 0 radical (unpaired) electrons.